The van der Waals surface area contributed by atoms with Crippen molar-refractivity contribution in [3.8, 4) is 0 Å². The maximum absolute atomic E-state index is 12.3. The van der Waals surface area contributed by atoms with Gasteiger partial charge in [-0.15, -0.1) is 11.3 Å². The number of aliphatic imine (C=N–C) groups is 1. The second kappa shape index (κ2) is 5.86. The molecule has 5 nitrogen and oxygen atoms in total. The fourth-order valence-corrected chi connectivity index (χ4v) is 3.31. The van der Waals surface area contributed by atoms with Gasteiger partial charge < -0.3 is 16.4 Å². The number of benzene rings is 1. The van der Waals surface area contributed by atoms with Crippen LogP contribution < -0.4 is 16.4 Å². The molecule has 1 aromatic carbocycles. The average molecular weight is 330 g/mol. The van der Waals surface area contributed by atoms with E-state index in [0.717, 1.165) is 26.7 Å². The van der Waals surface area contributed by atoms with E-state index < -0.39 is 6.17 Å². The van der Waals surface area contributed by atoms with Crippen LogP contribution in [0.1, 0.15) is 16.0 Å². The Labute approximate surface area is 137 Å². The Morgan fingerprint density at radius 2 is 2.14 bits per heavy atom. The van der Waals surface area contributed by atoms with Gasteiger partial charge in [-0.2, -0.15) is 0 Å². The van der Waals surface area contributed by atoms with Crippen molar-refractivity contribution >= 4 is 45.3 Å². The van der Waals surface area contributed by atoms with E-state index in [4.69, 9.17) is 18.0 Å². The van der Waals surface area contributed by atoms with E-state index in [1.165, 1.54) is 11.3 Å². The molecule has 0 fully saturated rings. The monoisotopic (exact) mass is 330 g/mol. The summed E-state index contributed by atoms with van der Waals surface area (Å²) in [6.45, 7) is 2.00. The lowest BCUT2D eigenvalue weighted by atomic mass is 10.0. The van der Waals surface area contributed by atoms with Crippen molar-refractivity contribution in [2.45, 2.75) is 13.1 Å². The number of nitrogens with zero attached hydrogens (tertiary/aromatic N) is 1. The van der Waals surface area contributed by atoms with E-state index in [2.05, 4.69) is 15.6 Å². The van der Waals surface area contributed by atoms with Crippen LogP contribution >= 0.6 is 23.6 Å². The number of nitrogens with two attached hydrogens (primary N) is 1. The van der Waals surface area contributed by atoms with Gasteiger partial charge in [0.05, 0.1) is 5.71 Å². The highest BCUT2D eigenvalue weighted by Gasteiger charge is 2.27. The Hall–Kier alpha value is -2.25. The topological polar surface area (TPSA) is 79.5 Å². The molecule has 1 unspecified atom stereocenters. The minimum atomic E-state index is -0.840. The van der Waals surface area contributed by atoms with Gasteiger partial charge in [-0.3, -0.25) is 4.79 Å². The summed E-state index contributed by atoms with van der Waals surface area (Å²) in [5, 5.41) is 6.44. The molecule has 22 heavy (non-hydrogen) atoms. The quantitative estimate of drug-likeness (QED) is 0.736. The smallest absolute Gasteiger partial charge is 0.270 e. The van der Waals surface area contributed by atoms with Crippen molar-refractivity contribution in [2.24, 2.45) is 10.7 Å². The number of anilines is 1. The largest absolute Gasteiger partial charge is 0.376 e. The number of rotatable bonds is 2. The predicted molar refractivity (Wildman–Crippen MR) is 93.5 cm³/mol. The first kappa shape index (κ1) is 14.7. The molecule has 0 spiro atoms. The van der Waals surface area contributed by atoms with Gasteiger partial charge in [0.25, 0.3) is 5.91 Å². The first-order chi connectivity index (χ1) is 10.5. The van der Waals surface area contributed by atoms with Crippen LogP contribution in [-0.2, 0) is 4.79 Å². The van der Waals surface area contributed by atoms with Crippen LogP contribution in [0, 0.1) is 6.92 Å². The van der Waals surface area contributed by atoms with Gasteiger partial charge in [0.1, 0.15) is 5.00 Å². The highest BCUT2D eigenvalue weighted by molar-refractivity contribution is 7.80. The molecular weight excluding hydrogens is 316 g/mol. The molecule has 1 atom stereocenters. The molecular formula is C15H14N4OS2. The molecule has 1 amide bonds. The summed E-state index contributed by atoms with van der Waals surface area (Å²) in [6.07, 6.45) is -0.840. The van der Waals surface area contributed by atoms with Crippen LogP contribution in [0.5, 0.6) is 0 Å². The van der Waals surface area contributed by atoms with Crippen LogP contribution in [0.4, 0.5) is 5.00 Å². The van der Waals surface area contributed by atoms with E-state index >= 15 is 0 Å². The number of carbonyl (C=O) groups is 1. The summed E-state index contributed by atoms with van der Waals surface area (Å²) >= 11 is 6.36. The highest BCUT2D eigenvalue weighted by atomic mass is 32.1. The maximum atomic E-state index is 12.3. The van der Waals surface area contributed by atoms with Crippen molar-refractivity contribution in [2.75, 3.05) is 5.32 Å². The molecule has 2 heterocycles. The van der Waals surface area contributed by atoms with Crippen LogP contribution in [0.3, 0.4) is 0 Å². The van der Waals surface area contributed by atoms with Crippen molar-refractivity contribution in [3.05, 3.63) is 52.4 Å². The Bertz CT molecular complexity index is 767. The second-order valence-corrected chi connectivity index (χ2v) is 6.54. The summed E-state index contributed by atoms with van der Waals surface area (Å²) < 4.78 is 0. The SMILES string of the molecule is Cc1cc2c(s1)NC(=O)C(NC(N)=S)N=C2c1ccccc1. The average Bonchev–Trinajstić information content (AvgIpc) is 2.78. The Kier molecular flexibility index (Phi) is 3.91. The minimum Gasteiger partial charge on any atom is -0.376 e. The third kappa shape index (κ3) is 2.86. The fourth-order valence-electron chi connectivity index (χ4n) is 2.28. The van der Waals surface area contributed by atoms with E-state index in [0.29, 0.717) is 0 Å². The zero-order valence-corrected chi connectivity index (χ0v) is 13.4. The minimum absolute atomic E-state index is 0.0396. The zero-order chi connectivity index (χ0) is 15.7. The van der Waals surface area contributed by atoms with E-state index in [9.17, 15) is 4.79 Å². The van der Waals surface area contributed by atoms with Crippen LogP contribution in [0.25, 0.3) is 0 Å². The lowest BCUT2D eigenvalue weighted by Gasteiger charge is -2.12. The van der Waals surface area contributed by atoms with Gasteiger partial charge in [-0.25, -0.2) is 4.99 Å². The molecule has 0 bridgehead atoms. The Morgan fingerprint density at radius 3 is 2.82 bits per heavy atom. The molecule has 0 saturated carbocycles. The third-order valence-corrected chi connectivity index (χ3v) is 4.26. The number of hydrogen-bond donors (Lipinski definition) is 3. The normalized spacial score (nSPS) is 17.0. The van der Waals surface area contributed by atoms with Gasteiger partial charge in [0, 0.05) is 16.0 Å². The number of fused-ring (bicyclic) bond motifs is 1. The maximum Gasteiger partial charge on any atom is 0.270 e. The summed E-state index contributed by atoms with van der Waals surface area (Å²) in [7, 11) is 0. The number of hydrogen-bond acceptors (Lipinski definition) is 4. The molecule has 112 valence electrons. The molecule has 2 aromatic rings. The van der Waals surface area contributed by atoms with E-state index in [-0.39, 0.29) is 11.0 Å². The summed E-state index contributed by atoms with van der Waals surface area (Å²) in [5.74, 6) is -0.276. The summed E-state index contributed by atoms with van der Waals surface area (Å²) in [4.78, 5) is 18.0. The molecule has 0 radical (unpaired) electrons. The van der Waals surface area contributed by atoms with Gasteiger partial charge in [-0.1, -0.05) is 30.3 Å². The van der Waals surface area contributed by atoms with Crippen LogP contribution in [-0.4, -0.2) is 22.9 Å². The second-order valence-electron chi connectivity index (χ2n) is 4.84. The number of amides is 1. The number of carbonyl (C=O) groups excluding carboxylic acids is 1. The molecule has 3 rings (SSSR count). The van der Waals surface area contributed by atoms with Crippen LogP contribution in [0.15, 0.2) is 41.4 Å². The Balaban J connectivity index is 2.15. The van der Waals surface area contributed by atoms with Crippen molar-refractivity contribution in [1.29, 1.82) is 0 Å². The van der Waals surface area contributed by atoms with Crippen molar-refractivity contribution in [3.63, 3.8) is 0 Å². The zero-order valence-electron chi connectivity index (χ0n) is 11.8. The molecule has 1 aromatic heterocycles. The lowest BCUT2D eigenvalue weighted by molar-refractivity contribution is -0.117. The number of thiophene rings is 1. The van der Waals surface area contributed by atoms with Crippen molar-refractivity contribution in [1.82, 2.24) is 5.32 Å². The molecule has 7 heteroatoms. The summed E-state index contributed by atoms with van der Waals surface area (Å²) in [5.41, 5.74) is 8.09. The first-order valence-electron chi connectivity index (χ1n) is 6.65. The Morgan fingerprint density at radius 1 is 1.41 bits per heavy atom. The van der Waals surface area contributed by atoms with E-state index in [1.54, 1.807) is 0 Å². The van der Waals surface area contributed by atoms with Gasteiger partial charge >= 0.3 is 0 Å². The fraction of sp³-hybridized carbons (Fsp3) is 0.133. The number of nitrogens with one attached hydrogen (secondary N) is 2. The molecule has 0 saturated heterocycles. The van der Waals surface area contributed by atoms with Crippen LogP contribution in [0.2, 0.25) is 0 Å². The highest BCUT2D eigenvalue weighted by Crippen LogP contribution is 2.32. The summed E-state index contributed by atoms with van der Waals surface area (Å²) in [6, 6.07) is 11.8. The molecule has 0 aliphatic carbocycles. The first-order valence-corrected chi connectivity index (χ1v) is 7.88. The molecule has 1 aliphatic heterocycles. The van der Waals surface area contributed by atoms with Gasteiger partial charge in [0.2, 0.25) is 6.17 Å². The van der Waals surface area contributed by atoms with Gasteiger partial charge in [-0.05, 0) is 25.2 Å². The molecule has 4 N–H and O–H groups in total. The number of thiocarbonyl (C=S) groups is 1. The predicted octanol–water partition coefficient (Wildman–Crippen LogP) is 2.01. The number of aryl methyl sites for hydroxylation is 1. The van der Waals surface area contributed by atoms with Crippen molar-refractivity contribution < 1.29 is 4.79 Å². The lowest BCUT2D eigenvalue weighted by Crippen LogP contribution is -2.44. The molecule has 1 aliphatic rings. The standard InChI is InChI=1S/C15H14N4OS2/c1-8-7-10-11(9-5-3-2-4-6-9)17-12(18-15(16)21)13(20)19-14(10)22-8/h2-7,12H,1H3,(H,19,20)(H3,16,18,21). The van der Waals surface area contributed by atoms with Gasteiger partial charge in [0.15, 0.2) is 5.11 Å². The third-order valence-electron chi connectivity index (χ3n) is 3.18. The van der Waals surface area contributed by atoms with E-state index in [1.807, 2.05) is 43.3 Å².